The lowest BCUT2D eigenvalue weighted by Gasteiger charge is -2.17. The second-order valence-corrected chi connectivity index (χ2v) is 31.4. The maximum absolute atomic E-state index is 12.1. The Hall–Kier alpha value is -13.8. The summed E-state index contributed by atoms with van der Waals surface area (Å²) in [5.74, 6) is -0.109. The quantitative estimate of drug-likeness (QED) is 0.0975. The van der Waals surface area contributed by atoms with E-state index < -0.39 is 41.0 Å². The molecule has 127 heavy (non-hydrogen) atoms. The lowest BCUT2D eigenvalue weighted by molar-refractivity contribution is -2.00. The highest BCUT2D eigenvalue weighted by atomic mass is 35.7. The molecule has 0 unspecified atom stereocenters. The molecule has 0 bridgehead atoms. The summed E-state index contributed by atoms with van der Waals surface area (Å²) in [6.07, 6.45) is 0. The number of nitrogens with one attached hydrogen (secondary N) is 1. The third-order valence-electron chi connectivity index (χ3n) is 19.9. The summed E-state index contributed by atoms with van der Waals surface area (Å²) >= 11 is 0. The fourth-order valence-corrected chi connectivity index (χ4v) is 14.7. The average molecular weight is 1770 g/mol. The Kier molecular flexibility index (Phi) is 29.3. The molecular weight excluding hydrogens is 1700 g/mol. The van der Waals surface area contributed by atoms with Crippen LogP contribution in [0.4, 0.5) is 11.4 Å². The van der Waals surface area contributed by atoms with Gasteiger partial charge in [-0.05, 0) is 166 Å². The molecule has 23 nitrogen and oxygen atoms in total. The van der Waals surface area contributed by atoms with E-state index in [-0.39, 0.29) is 5.91 Å². The molecule has 13 aromatic carbocycles. The van der Waals surface area contributed by atoms with Gasteiger partial charge in [0.1, 0.15) is 0 Å². The second kappa shape index (κ2) is 40.9. The molecule has 17 aromatic rings. The van der Waals surface area contributed by atoms with Gasteiger partial charge in [-0.2, -0.15) is 18.3 Å². The summed E-state index contributed by atoms with van der Waals surface area (Å²) in [6, 6.07) is 147. The van der Waals surface area contributed by atoms with E-state index in [1.807, 2.05) is 24.3 Å². The van der Waals surface area contributed by atoms with Gasteiger partial charge in [-0.25, -0.2) is 74.5 Å². The Morgan fingerprint density at radius 2 is 0.346 bits per heavy atom. The first-order chi connectivity index (χ1) is 60.8. The smallest absolute Gasteiger partial charge is 0.221 e. The number of aromatic nitrogens is 4. The van der Waals surface area contributed by atoms with Crippen LogP contribution in [0.1, 0.15) is 6.92 Å². The van der Waals surface area contributed by atoms with Crippen LogP contribution < -0.4 is 104 Å². The van der Waals surface area contributed by atoms with Crippen molar-refractivity contribution in [2.75, 3.05) is 11.1 Å². The van der Waals surface area contributed by atoms with Gasteiger partial charge in [0.2, 0.25) is 74.2 Å². The predicted molar refractivity (Wildman–Crippen MR) is 437 cm³/mol. The standard InChI is InChI=1S/C100H72N6O.4ClHO4/c1-70(107)102-88-52-56-90(57-53-88)104-95(77-30-14-4-15-31-77)64-84(65-96(104)78-32-16-5-17-33-78)72-44-48-74(49-45-72)86-68-99(81-38-22-8-23-39-81)106(100(69-86)82-40-24-9-25-41-82)92-60-58-91(59-61-92)105-97(79-34-18-6-19-35-79)66-85(67-98(105)80-36-20-7-21-37-80)73-46-42-71(43-47-73)83-62-93(75-26-10-2-11-27-75)103(89-54-50-87(101)51-55-89)94(63-83)76-28-12-3-13-29-76;4*2-1(3,4)5/h2-69,101H,1H3;4*(H,2,3,4,5)/q+2;;;;/p-2. The number of amides is 1. The molecule has 0 radical (unpaired) electrons. The Bertz CT molecular complexity index is 6210. The van der Waals surface area contributed by atoms with Crippen molar-refractivity contribution in [1.82, 2.24) is 0 Å². The number of nitrogens with zero attached hydrogens (tertiary/aromatic N) is 4. The van der Waals surface area contributed by atoms with Crippen molar-refractivity contribution in [3.63, 3.8) is 0 Å². The highest BCUT2D eigenvalue weighted by Gasteiger charge is 2.32. The molecule has 0 aliphatic carbocycles. The van der Waals surface area contributed by atoms with Crippen LogP contribution in [0, 0.1) is 41.0 Å². The van der Waals surface area contributed by atoms with Crippen LogP contribution in [0.15, 0.2) is 413 Å². The topological polar surface area (TPSA) is 440 Å². The molecule has 0 spiro atoms. The summed E-state index contributed by atoms with van der Waals surface area (Å²) in [4.78, 5) is 12.1. The van der Waals surface area contributed by atoms with Crippen LogP contribution in [0.2, 0.25) is 0 Å². The number of nitrogen functional groups attached to an aromatic ring is 1. The van der Waals surface area contributed by atoms with E-state index in [4.69, 9.17) is 80.3 Å². The van der Waals surface area contributed by atoms with Gasteiger partial charge in [-0.15, -0.1) is 41.0 Å². The van der Waals surface area contributed by atoms with Crippen molar-refractivity contribution in [2.45, 2.75) is 6.92 Å². The van der Waals surface area contributed by atoms with Crippen LogP contribution in [-0.4, -0.2) is 5.91 Å². The number of rotatable bonds is 17. The molecule has 3 N–H and O–H groups in total. The number of hydrogen-bond donors (Lipinski definition) is 2. The van der Waals surface area contributed by atoms with Crippen molar-refractivity contribution >= 4 is 17.3 Å². The largest absolute Gasteiger partial charge is 0.399 e. The Morgan fingerprint density at radius 3 is 0.496 bits per heavy atom. The van der Waals surface area contributed by atoms with Gasteiger partial charge < -0.3 is 11.1 Å². The SMILES string of the molecule is CC(=O)Nc1ccc(-[n+]2c(-c3ccccc3)cc(-c3ccc(-c4cc(-c5ccccc5)[n+](-c5ccc(-[n+]6c(-c7ccccc7)cc(-c7ccc(-c8cc(-c9ccccc9)[n+](-c9ccc(N)cc9)c(-c9ccccc9)c8)cc7)cc6-c6ccccc6)cc5)c(-c5ccccc5)c4)cc3)cc2-c2ccccc2)cc1.[O-][Cl+3]([O-])([O-])[O-].[O-][Cl+3]([O-])([O-])[O-].[O-][Cl+3]([O-])([O-])[O-].[O-][Cl+3]([O-])([O-])[O-]. The van der Waals surface area contributed by atoms with E-state index in [2.05, 4.69) is 412 Å². The molecule has 0 fully saturated rings. The molecule has 17 rings (SSSR count). The van der Waals surface area contributed by atoms with Gasteiger partial charge in [0.15, 0.2) is 0 Å². The monoisotopic (exact) mass is 1770 g/mol. The summed E-state index contributed by atoms with van der Waals surface area (Å²) in [7, 11) is -19.8. The summed E-state index contributed by atoms with van der Waals surface area (Å²) in [6.45, 7) is 1.53. The Morgan fingerprint density at radius 1 is 0.205 bits per heavy atom. The molecule has 634 valence electrons. The highest BCUT2D eigenvalue weighted by Crippen LogP contribution is 2.39. The van der Waals surface area contributed by atoms with Crippen LogP contribution in [0.3, 0.4) is 0 Å². The maximum Gasteiger partial charge on any atom is 0.221 e. The van der Waals surface area contributed by atoms with E-state index >= 15 is 0 Å². The van der Waals surface area contributed by atoms with E-state index in [1.165, 1.54) is 6.92 Å². The normalized spacial score (nSPS) is 11.3. The van der Waals surface area contributed by atoms with Gasteiger partial charge in [-0.3, -0.25) is 4.79 Å². The zero-order valence-electron chi connectivity index (χ0n) is 67.1. The molecule has 1 amide bonds. The highest BCUT2D eigenvalue weighted by molar-refractivity contribution is 5.89. The minimum Gasteiger partial charge on any atom is -0.399 e. The molecular formula is C100H74Cl4N6O17. The molecule has 4 aromatic heterocycles. The van der Waals surface area contributed by atoms with Gasteiger partial charge in [0.05, 0.1) is 0 Å². The Balaban J connectivity index is 0.000000624. The number of benzene rings is 13. The molecule has 0 aliphatic rings. The van der Waals surface area contributed by atoms with E-state index in [0.717, 1.165) is 169 Å². The third-order valence-corrected chi connectivity index (χ3v) is 19.9. The summed E-state index contributed by atoms with van der Waals surface area (Å²) in [5.41, 5.74) is 37.7. The maximum atomic E-state index is 12.1. The summed E-state index contributed by atoms with van der Waals surface area (Å²) in [5, 5.41) is 2.94. The number of halogens is 4. The van der Waals surface area contributed by atoms with Gasteiger partial charge >= 0.3 is 0 Å². The fraction of sp³-hybridized carbons (Fsp3) is 0.0100. The zero-order valence-corrected chi connectivity index (χ0v) is 70.1. The minimum atomic E-state index is -4.94. The molecule has 4 heterocycles. The number of carbonyl (C=O) groups excluding carboxylic acids is 1. The Labute approximate surface area is 738 Å². The molecule has 0 aliphatic heterocycles. The van der Waals surface area contributed by atoms with Crippen molar-refractivity contribution in [2.24, 2.45) is 0 Å². The molecule has 0 saturated heterocycles. The number of carbonyl (C=O) groups is 1. The van der Waals surface area contributed by atoms with Crippen molar-refractivity contribution in [3.8, 4) is 157 Å². The van der Waals surface area contributed by atoms with E-state index in [9.17, 15) is 4.79 Å². The number of pyridine rings is 4. The third kappa shape index (κ3) is 25.3. The van der Waals surface area contributed by atoms with Crippen molar-refractivity contribution < 1.29 is 139 Å². The number of anilines is 2. The van der Waals surface area contributed by atoms with Crippen LogP contribution in [0.25, 0.3) is 157 Å². The lowest BCUT2D eigenvalue weighted by atomic mass is 9.95. The van der Waals surface area contributed by atoms with Crippen LogP contribution in [0.5, 0.6) is 0 Å². The van der Waals surface area contributed by atoms with Crippen molar-refractivity contribution in [1.29, 1.82) is 0 Å². The zero-order chi connectivity index (χ0) is 90.0. The number of hydrogen-bond acceptors (Lipinski definition) is 18. The van der Waals surface area contributed by atoms with E-state index in [1.54, 1.807) is 0 Å². The predicted octanol–water partition coefficient (Wildman–Crippen LogP) is 3.31. The average Bonchev–Trinajstić information content (AvgIpc) is 0.762. The first kappa shape index (κ1) is 91.0. The molecule has 27 heteroatoms. The van der Waals surface area contributed by atoms with Crippen LogP contribution in [-0.2, 0) is 4.79 Å². The van der Waals surface area contributed by atoms with Crippen LogP contribution >= 0.6 is 0 Å². The van der Waals surface area contributed by atoms with Gasteiger partial charge in [-0.1, -0.05) is 194 Å². The summed E-state index contributed by atoms with van der Waals surface area (Å²) < 4.78 is 145. The number of nitrogens with two attached hydrogens (primary N) is 1. The first-order valence-corrected chi connectivity index (χ1v) is 43.6. The fourth-order valence-electron chi connectivity index (χ4n) is 14.7. The second-order valence-electron chi connectivity index (χ2n) is 28.3. The lowest BCUT2D eigenvalue weighted by Crippen LogP contribution is -2.68. The first-order valence-electron chi connectivity index (χ1n) is 38.7. The molecule has 0 saturated carbocycles. The van der Waals surface area contributed by atoms with Gasteiger partial charge in [0, 0.05) is 160 Å². The van der Waals surface area contributed by atoms with E-state index in [0.29, 0.717) is 0 Å². The molecule has 0 atom stereocenters. The minimum absolute atomic E-state index is 0.109. The van der Waals surface area contributed by atoms with Gasteiger partial charge in [0.25, 0.3) is 0 Å². The van der Waals surface area contributed by atoms with Crippen molar-refractivity contribution in [3.05, 3.63) is 413 Å².